The molecule has 1 N–H and O–H groups in total. The maximum absolute atomic E-state index is 11.9. The van der Waals surface area contributed by atoms with Crippen LogP contribution in [0.15, 0.2) is 47.4 Å². The van der Waals surface area contributed by atoms with E-state index in [1.54, 1.807) is 12.1 Å². The molecule has 0 atom stereocenters. The summed E-state index contributed by atoms with van der Waals surface area (Å²) >= 11 is 10.2. The van der Waals surface area contributed by atoms with E-state index in [0.717, 1.165) is 10.5 Å². The minimum atomic E-state index is -0.163. The normalized spacial score (nSPS) is 9.85. The second-order valence-corrected chi connectivity index (χ2v) is 5.12. The molecule has 0 bridgehead atoms. The molecule has 2 aromatic carbocycles. The number of benzene rings is 2. The van der Waals surface area contributed by atoms with Gasteiger partial charge in [-0.25, -0.2) is 0 Å². The molecule has 20 heavy (non-hydrogen) atoms. The second kappa shape index (κ2) is 6.47. The number of rotatable bonds is 3. The van der Waals surface area contributed by atoms with Crippen LogP contribution in [0.3, 0.4) is 0 Å². The highest BCUT2D eigenvalue weighted by Gasteiger charge is 2.07. The maximum atomic E-state index is 11.9. The topological polar surface area (TPSA) is 52.9 Å². The van der Waals surface area contributed by atoms with Crippen LogP contribution >= 0.6 is 24.2 Å². The molecule has 2 rings (SSSR count). The zero-order valence-electron chi connectivity index (χ0n) is 10.4. The lowest BCUT2D eigenvalue weighted by Gasteiger charge is -2.07. The van der Waals surface area contributed by atoms with Gasteiger partial charge >= 0.3 is 0 Å². The van der Waals surface area contributed by atoms with Gasteiger partial charge in [-0.05, 0) is 35.9 Å². The van der Waals surface area contributed by atoms with Gasteiger partial charge < -0.3 is 5.32 Å². The van der Waals surface area contributed by atoms with Crippen LogP contribution in [0.2, 0.25) is 5.02 Å². The van der Waals surface area contributed by atoms with E-state index >= 15 is 0 Å². The van der Waals surface area contributed by atoms with Crippen LogP contribution in [0.4, 0.5) is 5.69 Å². The van der Waals surface area contributed by atoms with Crippen molar-refractivity contribution < 1.29 is 4.79 Å². The summed E-state index contributed by atoms with van der Waals surface area (Å²) in [5, 5.41) is 11.8. The Morgan fingerprint density at radius 1 is 1.25 bits per heavy atom. The van der Waals surface area contributed by atoms with Gasteiger partial charge in [0.15, 0.2) is 0 Å². The molecule has 0 aliphatic heterocycles. The van der Waals surface area contributed by atoms with Crippen molar-refractivity contribution in [1.82, 2.24) is 0 Å². The fraction of sp³-hybridized carbons (Fsp3) is 0.0667. The summed E-state index contributed by atoms with van der Waals surface area (Å²) in [5.41, 5.74) is 1.85. The number of halogens is 1. The van der Waals surface area contributed by atoms with E-state index in [0.29, 0.717) is 16.3 Å². The number of thiol groups is 1. The lowest BCUT2D eigenvalue weighted by molar-refractivity contribution is -0.115. The van der Waals surface area contributed by atoms with Crippen molar-refractivity contribution in [3.05, 3.63) is 58.6 Å². The summed E-state index contributed by atoms with van der Waals surface area (Å²) < 4.78 is 0. The predicted octanol–water partition coefficient (Wildman–Crippen LogP) is 3.68. The molecule has 3 nitrogen and oxygen atoms in total. The van der Waals surface area contributed by atoms with E-state index in [1.165, 1.54) is 6.07 Å². The van der Waals surface area contributed by atoms with E-state index in [2.05, 4.69) is 17.9 Å². The maximum Gasteiger partial charge on any atom is 0.228 e. The summed E-state index contributed by atoms with van der Waals surface area (Å²) in [6, 6.07) is 14.1. The molecule has 0 saturated heterocycles. The highest BCUT2D eigenvalue weighted by Crippen LogP contribution is 2.23. The van der Waals surface area contributed by atoms with Crippen LogP contribution in [-0.4, -0.2) is 5.91 Å². The second-order valence-electron chi connectivity index (χ2n) is 4.20. The van der Waals surface area contributed by atoms with Gasteiger partial charge in [-0.3, -0.25) is 4.79 Å². The van der Waals surface area contributed by atoms with E-state index in [9.17, 15) is 4.79 Å². The van der Waals surface area contributed by atoms with Gasteiger partial charge in [-0.15, -0.1) is 12.6 Å². The number of hydrogen-bond donors (Lipinski definition) is 2. The number of nitriles is 1. The van der Waals surface area contributed by atoms with Gasteiger partial charge in [-0.1, -0.05) is 23.7 Å². The van der Waals surface area contributed by atoms with Crippen molar-refractivity contribution in [3.8, 4) is 6.07 Å². The molecule has 0 radical (unpaired) electrons. The van der Waals surface area contributed by atoms with Crippen molar-refractivity contribution in [2.45, 2.75) is 11.3 Å². The molecule has 0 unspecified atom stereocenters. The van der Waals surface area contributed by atoms with Crippen LogP contribution in [0.5, 0.6) is 0 Å². The molecular formula is C15H11ClN2OS. The van der Waals surface area contributed by atoms with Crippen LogP contribution in [0, 0.1) is 11.3 Å². The zero-order chi connectivity index (χ0) is 14.5. The number of carbonyl (C=O) groups is 1. The van der Waals surface area contributed by atoms with Gasteiger partial charge in [0.2, 0.25) is 5.91 Å². The SMILES string of the molecule is N#Cc1ccc(NC(=O)Cc2ccc(S)cc2)c(Cl)c1. The Kier molecular flexibility index (Phi) is 4.67. The van der Waals surface area contributed by atoms with Gasteiger partial charge in [-0.2, -0.15) is 5.26 Å². The standard InChI is InChI=1S/C15H11ClN2OS/c16-13-7-11(9-17)3-6-14(13)18-15(19)8-10-1-4-12(20)5-2-10/h1-7,20H,8H2,(H,18,19). The van der Waals surface area contributed by atoms with Crippen LogP contribution < -0.4 is 5.32 Å². The molecule has 100 valence electrons. The molecule has 0 spiro atoms. The molecule has 0 heterocycles. The van der Waals surface area contributed by atoms with Crippen LogP contribution in [-0.2, 0) is 11.2 Å². The van der Waals surface area contributed by atoms with Crippen molar-refractivity contribution in [3.63, 3.8) is 0 Å². The number of nitrogens with one attached hydrogen (secondary N) is 1. The Labute approximate surface area is 127 Å². The Morgan fingerprint density at radius 2 is 1.95 bits per heavy atom. The Bertz CT molecular complexity index is 677. The van der Waals surface area contributed by atoms with Crippen molar-refractivity contribution >= 4 is 35.8 Å². The third kappa shape index (κ3) is 3.77. The van der Waals surface area contributed by atoms with Gasteiger partial charge in [0.05, 0.1) is 28.8 Å². The first kappa shape index (κ1) is 14.4. The summed E-state index contributed by atoms with van der Waals surface area (Å²) in [4.78, 5) is 12.8. The van der Waals surface area contributed by atoms with Crippen molar-refractivity contribution in [2.24, 2.45) is 0 Å². The molecule has 1 amide bonds. The zero-order valence-corrected chi connectivity index (χ0v) is 12.1. The summed E-state index contributed by atoms with van der Waals surface area (Å²) in [6.07, 6.45) is 0.254. The van der Waals surface area contributed by atoms with Gasteiger partial charge in [0.25, 0.3) is 0 Å². The third-order valence-corrected chi connectivity index (χ3v) is 3.28. The first-order chi connectivity index (χ1) is 9.58. The number of amides is 1. The average molecular weight is 303 g/mol. The monoisotopic (exact) mass is 302 g/mol. The molecule has 0 aromatic heterocycles. The average Bonchev–Trinajstić information content (AvgIpc) is 2.43. The van der Waals surface area contributed by atoms with Crippen LogP contribution in [0.25, 0.3) is 0 Å². The highest BCUT2D eigenvalue weighted by atomic mass is 35.5. The van der Waals surface area contributed by atoms with E-state index in [-0.39, 0.29) is 12.3 Å². The fourth-order valence-electron chi connectivity index (χ4n) is 1.68. The summed E-state index contributed by atoms with van der Waals surface area (Å²) in [6.45, 7) is 0. The lowest BCUT2D eigenvalue weighted by Crippen LogP contribution is -2.14. The molecule has 0 aliphatic carbocycles. The Hall–Kier alpha value is -1.96. The third-order valence-electron chi connectivity index (χ3n) is 2.67. The minimum Gasteiger partial charge on any atom is -0.324 e. The van der Waals surface area contributed by atoms with Gasteiger partial charge in [0, 0.05) is 4.90 Å². The van der Waals surface area contributed by atoms with Crippen LogP contribution in [0.1, 0.15) is 11.1 Å². The lowest BCUT2D eigenvalue weighted by atomic mass is 10.1. The van der Waals surface area contributed by atoms with E-state index in [4.69, 9.17) is 16.9 Å². The highest BCUT2D eigenvalue weighted by molar-refractivity contribution is 7.80. The molecule has 0 aliphatic rings. The Morgan fingerprint density at radius 3 is 2.55 bits per heavy atom. The molecular weight excluding hydrogens is 292 g/mol. The van der Waals surface area contributed by atoms with E-state index in [1.807, 2.05) is 30.3 Å². The quantitative estimate of drug-likeness (QED) is 0.850. The molecule has 5 heteroatoms. The number of carbonyl (C=O) groups excluding carboxylic acids is 1. The first-order valence-electron chi connectivity index (χ1n) is 5.86. The van der Waals surface area contributed by atoms with E-state index < -0.39 is 0 Å². The predicted molar refractivity (Wildman–Crippen MR) is 82.2 cm³/mol. The fourth-order valence-corrected chi connectivity index (χ4v) is 2.06. The summed E-state index contributed by atoms with van der Waals surface area (Å²) in [5.74, 6) is -0.163. The molecule has 2 aromatic rings. The summed E-state index contributed by atoms with van der Waals surface area (Å²) in [7, 11) is 0. The molecule has 0 saturated carbocycles. The minimum absolute atomic E-state index is 0.163. The Balaban J connectivity index is 2.05. The molecule has 0 fully saturated rings. The first-order valence-corrected chi connectivity index (χ1v) is 6.68. The number of anilines is 1. The smallest absolute Gasteiger partial charge is 0.228 e. The van der Waals surface area contributed by atoms with Gasteiger partial charge in [0.1, 0.15) is 0 Å². The van der Waals surface area contributed by atoms with Crippen molar-refractivity contribution in [1.29, 1.82) is 5.26 Å². The van der Waals surface area contributed by atoms with Crippen molar-refractivity contribution in [2.75, 3.05) is 5.32 Å². The largest absolute Gasteiger partial charge is 0.324 e. The number of hydrogen-bond acceptors (Lipinski definition) is 3. The number of nitrogens with zero attached hydrogens (tertiary/aromatic N) is 1.